The number of ether oxygens (including phenoxy) is 1. The molecule has 1 N–H and O–H groups in total. The van der Waals surface area contributed by atoms with Crippen LogP contribution < -0.4 is 5.32 Å². The van der Waals surface area contributed by atoms with Crippen molar-refractivity contribution in [3.05, 3.63) is 70.1 Å². The second-order valence-corrected chi connectivity index (χ2v) is 13.8. The van der Waals surface area contributed by atoms with Gasteiger partial charge in [0.25, 0.3) is 5.91 Å². The first kappa shape index (κ1) is 34.4. The van der Waals surface area contributed by atoms with E-state index < -0.39 is 53.3 Å². The number of allylic oxidation sites excluding steroid dienone is 4. The lowest BCUT2D eigenvalue weighted by molar-refractivity contribution is -0.144. The van der Waals surface area contributed by atoms with Crippen LogP contribution in [-0.2, 0) is 27.4 Å². The topological polar surface area (TPSA) is 96.8 Å². The minimum atomic E-state index is -1.32. The maximum absolute atomic E-state index is 15.7. The molecule has 12 heteroatoms. The number of nitrogens with one attached hydrogen (secondary N) is 1. The lowest BCUT2D eigenvalue weighted by Crippen LogP contribution is -2.52. The third-order valence-electron chi connectivity index (χ3n) is 10.0. The van der Waals surface area contributed by atoms with Gasteiger partial charge in [-0.05, 0) is 73.1 Å². The van der Waals surface area contributed by atoms with Crippen molar-refractivity contribution in [2.75, 3.05) is 26.7 Å². The third-order valence-corrected chi connectivity index (χ3v) is 10.0. The van der Waals surface area contributed by atoms with Gasteiger partial charge in [-0.25, -0.2) is 18.2 Å². The van der Waals surface area contributed by atoms with Crippen LogP contribution in [0.5, 0.6) is 0 Å². The SMILES string of the molecule is CCOC(=O)C[C@H](NC(=O)C1N(C(=O)c2cn3c(n2)CN(C)CC3)CC(C)C1(C)C)c1cc(C2=C(C)C=C(F)CC2C)cc(F)c1F. The number of carbonyl (C=O) groups excluding carboxylic acids is 3. The van der Waals surface area contributed by atoms with E-state index in [-0.39, 0.29) is 48.5 Å². The van der Waals surface area contributed by atoms with Gasteiger partial charge >= 0.3 is 5.97 Å². The Labute approximate surface area is 273 Å². The van der Waals surface area contributed by atoms with E-state index in [2.05, 4.69) is 15.2 Å². The van der Waals surface area contributed by atoms with Gasteiger partial charge in [-0.3, -0.25) is 19.3 Å². The maximum atomic E-state index is 15.7. The Hall–Kier alpha value is -3.93. The third kappa shape index (κ3) is 6.75. The number of nitrogens with zero attached hydrogens (tertiary/aromatic N) is 4. The van der Waals surface area contributed by atoms with Gasteiger partial charge in [-0.1, -0.05) is 27.7 Å². The predicted octanol–water partition coefficient (Wildman–Crippen LogP) is 5.57. The van der Waals surface area contributed by atoms with Gasteiger partial charge in [0.1, 0.15) is 23.4 Å². The summed E-state index contributed by atoms with van der Waals surface area (Å²) in [6.45, 7) is 13.3. The number of hydrogen-bond donors (Lipinski definition) is 1. The van der Waals surface area contributed by atoms with Gasteiger partial charge in [0, 0.05) is 37.8 Å². The van der Waals surface area contributed by atoms with Crippen molar-refractivity contribution in [2.45, 2.75) is 79.6 Å². The average molecular weight is 656 g/mol. The molecule has 0 bridgehead atoms. The summed E-state index contributed by atoms with van der Waals surface area (Å²) in [4.78, 5) is 49.2. The molecule has 2 aromatic rings. The van der Waals surface area contributed by atoms with Gasteiger partial charge in [0.05, 0.1) is 25.6 Å². The van der Waals surface area contributed by atoms with Crippen molar-refractivity contribution >= 4 is 23.4 Å². The Morgan fingerprint density at radius 1 is 1.15 bits per heavy atom. The Morgan fingerprint density at radius 3 is 2.55 bits per heavy atom. The van der Waals surface area contributed by atoms with E-state index in [1.165, 1.54) is 17.0 Å². The number of hydrogen-bond acceptors (Lipinski definition) is 6. The molecule has 0 saturated carbocycles. The second-order valence-electron chi connectivity index (χ2n) is 13.8. The van der Waals surface area contributed by atoms with Crippen molar-refractivity contribution < 1.29 is 32.3 Å². The zero-order chi connectivity index (χ0) is 34.4. The van der Waals surface area contributed by atoms with Gasteiger partial charge in [-0.2, -0.15) is 0 Å². The molecule has 5 rings (SSSR count). The fourth-order valence-electron chi connectivity index (χ4n) is 7.17. The van der Waals surface area contributed by atoms with E-state index in [1.54, 1.807) is 27.0 Å². The Kier molecular flexibility index (Phi) is 9.73. The van der Waals surface area contributed by atoms with Crippen LogP contribution in [0.25, 0.3) is 5.57 Å². The van der Waals surface area contributed by atoms with E-state index in [0.717, 1.165) is 18.4 Å². The summed E-state index contributed by atoms with van der Waals surface area (Å²) in [5, 5.41) is 2.80. The van der Waals surface area contributed by atoms with E-state index in [1.807, 2.05) is 32.4 Å². The molecular formula is C35H44F3N5O4. The quantitative estimate of drug-likeness (QED) is 0.374. The summed E-state index contributed by atoms with van der Waals surface area (Å²) in [7, 11) is 1.98. The van der Waals surface area contributed by atoms with E-state index in [0.29, 0.717) is 29.8 Å². The standard InChI is InChI=1S/C35H44F3N5O4/c1-8-47-29(44)15-26(24-13-22(14-25(37)31(24)38)30-19(2)11-23(36)12-20(30)3)40-33(45)32-35(5,6)21(4)16-43(32)34(46)27-17-42-10-9-41(7)18-28(42)39-27/h11,13-14,17,20-21,26,32H,8-10,12,15-16,18H2,1-7H3,(H,40,45)/t20?,21?,26-,32?/m0/s1. The molecule has 1 saturated heterocycles. The number of rotatable bonds is 8. The number of amides is 2. The lowest BCUT2D eigenvalue weighted by atomic mass is 9.77. The highest BCUT2D eigenvalue weighted by Gasteiger charge is 2.52. The van der Waals surface area contributed by atoms with Crippen LogP contribution in [-0.4, -0.2) is 69.9 Å². The zero-order valence-corrected chi connectivity index (χ0v) is 28.1. The largest absolute Gasteiger partial charge is 0.466 e. The number of benzene rings is 1. The zero-order valence-electron chi connectivity index (χ0n) is 28.1. The second kappa shape index (κ2) is 13.3. The summed E-state index contributed by atoms with van der Waals surface area (Å²) >= 11 is 0. The number of esters is 1. The Balaban J connectivity index is 1.51. The number of carbonyl (C=O) groups is 3. The highest BCUT2D eigenvalue weighted by atomic mass is 19.2. The summed E-state index contributed by atoms with van der Waals surface area (Å²) in [5.74, 6) is -4.05. The fourth-order valence-corrected chi connectivity index (χ4v) is 7.17. The van der Waals surface area contributed by atoms with Gasteiger partial charge in [0.2, 0.25) is 5.91 Å². The Morgan fingerprint density at radius 2 is 1.87 bits per heavy atom. The van der Waals surface area contributed by atoms with Crippen molar-refractivity contribution in [1.29, 1.82) is 0 Å². The summed E-state index contributed by atoms with van der Waals surface area (Å²) < 4.78 is 52.2. The number of likely N-dealkylation sites (N-methyl/N-ethyl adjacent to an activating group) is 1. The van der Waals surface area contributed by atoms with Crippen LogP contribution in [0, 0.1) is 28.9 Å². The highest BCUT2D eigenvalue weighted by molar-refractivity contribution is 5.97. The first-order chi connectivity index (χ1) is 22.1. The molecular weight excluding hydrogens is 611 g/mol. The summed E-state index contributed by atoms with van der Waals surface area (Å²) in [6.07, 6.45) is 2.73. The normalized spacial score (nSPS) is 23.3. The molecule has 1 aromatic carbocycles. The van der Waals surface area contributed by atoms with Gasteiger partial charge < -0.3 is 19.5 Å². The van der Waals surface area contributed by atoms with E-state index in [9.17, 15) is 18.8 Å². The van der Waals surface area contributed by atoms with E-state index >= 15 is 8.78 Å². The lowest BCUT2D eigenvalue weighted by Gasteiger charge is -2.34. The number of fused-ring (bicyclic) bond motifs is 1. The molecule has 2 aliphatic heterocycles. The highest BCUT2D eigenvalue weighted by Crippen LogP contribution is 2.43. The number of halogens is 3. The molecule has 3 heterocycles. The smallest absolute Gasteiger partial charge is 0.308 e. The van der Waals surface area contributed by atoms with Crippen LogP contribution in [0.15, 0.2) is 35.8 Å². The molecule has 9 nitrogen and oxygen atoms in total. The molecule has 0 radical (unpaired) electrons. The van der Waals surface area contributed by atoms with Crippen molar-refractivity contribution in [2.24, 2.45) is 17.3 Å². The summed E-state index contributed by atoms with van der Waals surface area (Å²) in [6, 6.07) is 0.150. The molecule has 1 fully saturated rings. The monoisotopic (exact) mass is 655 g/mol. The first-order valence-corrected chi connectivity index (χ1v) is 16.2. The molecule has 254 valence electrons. The first-order valence-electron chi connectivity index (χ1n) is 16.2. The predicted molar refractivity (Wildman–Crippen MR) is 170 cm³/mol. The van der Waals surface area contributed by atoms with Crippen LogP contribution in [0.2, 0.25) is 0 Å². The number of imidazole rings is 1. The molecule has 2 amide bonds. The molecule has 1 aromatic heterocycles. The average Bonchev–Trinajstić information content (AvgIpc) is 3.50. The number of aromatic nitrogens is 2. The fraction of sp³-hybridized carbons (Fsp3) is 0.543. The van der Waals surface area contributed by atoms with Crippen molar-refractivity contribution in [3.8, 4) is 0 Å². The Bertz CT molecular complexity index is 1650. The van der Waals surface area contributed by atoms with Crippen molar-refractivity contribution in [1.82, 2.24) is 24.7 Å². The van der Waals surface area contributed by atoms with Crippen LogP contribution in [0.3, 0.4) is 0 Å². The maximum Gasteiger partial charge on any atom is 0.308 e. The molecule has 1 aliphatic carbocycles. The van der Waals surface area contributed by atoms with Crippen LogP contribution >= 0.6 is 0 Å². The molecule has 4 atom stereocenters. The minimum Gasteiger partial charge on any atom is -0.466 e. The van der Waals surface area contributed by atoms with Gasteiger partial charge in [0.15, 0.2) is 11.6 Å². The molecule has 47 heavy (non-hydrogen) atoms. The van der Waals surface area contributed by atoms with Crippen molar-refractivity contribution in [3.63, 3.8) is 0 Å². The molecule has 3 unspecified atom stereocenters. The number of likely N-dealkylation sites (tertiary alicyclic amines) is 1. The summed E-state index contributed by atoms with van der Waals surface area (Å²) in [5.41, 5.74) is 0.831. The van der Waals surface area contributed by atoms with E-state index in [4.69, 9.17) is 4.74 Å². The van der Waals surface area contributed by atoms with Crippen LogP contribution in [0.4, 0.5) is 13.2 Å². The molecule has 0 spiro atoms. The van der Waals surface area contributed by atoms with Crippen LogP contribution in [0.1, 0.15) is 87.9 Å². The minimum absolute atomic E-state index is 0.0533. The van der Waals surface area contributed by atoms with Gasteiger partial charge in [-0.15, -0.1) is 0 Å². The molecule has 3 aliphatic rings.